The lowest BCUT2D eigenvalue weighted by atomic mass is 10.4. The van der Waals surface area contributed by atoms with E-state index < -0.39 is 0 Å². The summed E-state index contributed by atoms with van der Waals surface area (Å²) in [5.74, 6) is 0.527. The van der Waals surface area contributed by atoms with Gasteiger partial charge in [-0.05, 0) is 36.4 Å². The van der Waals surface area contributed by atoms with Gasteiger partial charge in [0.2, 0.25) is 11.9 Å². The molecule has 0 aliphatic heterocycles. The molecule has 0 unspecified atom stereocenters. The highest BCUT2D eigenvalue weighted by Gasteiger charge is 2.09. The van der Waals surface area contributed by atoms with Gasteiger partial charge in [-0.3, -0.25) is 4.79 Å². The van der Waals surface area contributed by atoms with Crippen LogP contribution in [0.3, 0.4) is 0 Å². The Balaban J connectivity index is 2.55. The number of amides is 1. The van der Waals surface area contributed by atoms with Gasteiger partial charge < -0.3 is 10.2 Å². The van der Waals surface area contributed by atoms with E-state index in [2.05, 4.69) is 37.9 Å². The maximum atomic E-state index is 11.5. The predicted molar refractivity (Wildman–Crippen MR) is 71.3 cm³/mol. The second-order valence-corrected chi connectivity index (χ2v) is 5.03. The highest BCUT2D eigenvalue weighted by molar-refractivity contribution is 14.1. The third-order valence-electron chi connectivity index (χ3n) is 1.78. The molecule has 16 heavy (non-hydrogen) atoms. The quantitative estimate of drug-likeness (QED) is 0.836. The van der Waals surface area contributed by atoms with E-state index >= 15 is 0 Å². The van der Waals surface area contributed by atoms with Gasteiger partial charge in [0.1, 0.15) is 0 Å². The van der Waals surface area contributed by atoms with E-state index in [-0.39, 0.29) is 18.5 Å². The van der Waals surface area contributed by atoms with E-state index in [1.165, 1.54) is 0 Å². The minimum atomic E-state index is -0.0281. The van der Waals surface area contributed by atoms with Gasteiger partial charge >= 0.3 is 0 Å². The normalized spacial score (nSPS) is 10.3. The molecule has 0 spiro atoms. The molecule has 1 aromatic heterocycles. The number of hydrogen-bond acceptors (Lipinski definition) is 4. The molecule has 1 rings (SSSR count). The third-order valence-corrected chi connectivity index (χ3v) is 2.34. The minimum absolute atomic E-state index is 0.0281. The maximum Gasteiger partial charge on any atom is 0.239 e. The second-order valence-electron chi connectivity index (χ2n) is 3.78. The van der Waals surface area contributed by atoms with E-state index in [1.807, 2.05) is 13.8 Å². The van der Waals surface area contributed by atoms with Crippen molar-refractivity contribution in [3.05, 3.63) is 16.0 Å². The van der Waals surface area contributed by atoms with Crippen molar-refractivity contribution in [2.45, 2.75) is 19.9 Å². The van der Waals surface area contributed by atoms with Crippen molar-refractivity contribution in [1.82, 2.24) is 15.3 Å². The smallest absolute Gasteiger partial charge is 0.239 e. The summed E-state index contributed by atoms with van der Waals surface area (Å²) in [6.07, 6.45) is 3.44. The van der Waals surface area contributed by atoms with Gasteiger partial charge in [-0.1, -0.05) is 0 Å². The Bertz CT molecular complexity index is 352. The van der Waals surface area contributed by atoms with Crippen LogP contribution in [0.25, 0.3) is 0 Å². The van der Waals surface area contributed by atoms with Crippen molar-refractivity contribution < 1.29 is 4.79 Å². The molecule has 0 aliphatic carbocycles. The molecule has 0 saturated heterocycles. The van der Waals surface area contributed by atoms with E-state index in [4.69, 9.17) is 0 Å². The fourth-order valence-corrected chi connectivity index (χ4v) is 1.43. The molecule has 1 aromatic rings. The summed E-state index contributed by atoms with van der Waals surface area (Å²) in [4.78, 5) is 21.5. The summed E-state index contributed by atoms with van der Waals surface area (Å²) in [5, 5.41) is 2.82. The van der Waals surface area contributed by atoms with Crippen LogP contribution >= 0.6 is 22.6 Å². The fourth-order valence-electron chi connectivity index (χ4n) is 1.16. The number of carbonyl (C=O) groups excluding carboxylic acids is 1. The Morgan fingerprint density at radius 3 is 2.56 bits per heavy atom. The lowest BCUT2D eigenvalue weighted by Gasteiger charge is -2.17. The number of anilines is 1. The van der Waals surface area contributed by atoms with Gasteiger partial charge in [-0.15, -0.1) is 0 Å². The minimum Gasteiger partial charge on any atom is -0.352 e. The van der Waals surface area contributed by atoms with Crippen molar-refractivity contribution in [3.8, 4) is 0 Å². The number of nitrogens with zero attached hydrogens (tertiary/aromatic N) is 3. The summed E-state index contributed by atoms with van der Waals surface area (Å²) >= 11 is 2.14. The molecule has 0 atom stereocenters. The molecule has 1 amide bonds. The molecule has 0 saturated carbocycles. The molecule has 1 heterocycles. The average Bonchev–Trinajstić information content (AvgIpc) is 2.16. The standard InChI is InChI=1S/C10H15IN4O/c1-7(2)14-9(16)6-15(3)10-12-4-8(11)5-13-10/h4-5,7H,6H2,1-3H3,(H,14,16). The van der Waals surface area contributed by atoms with Crippen LogP contribution in [0.15, 0.2) is 12.4 Å². The third kappa shape index (κ3) is 4.30. The summed E-state index contributed by atoms with van der Waals surface area (Å²) in [6.45, 7) is 4.12. The summed E-state index contributed by atoms with van der Waals surface area (Å²) in [6, 6.07) is 0.151. The molecule has 88 valence electrons. The number of halogens is 1. The van der Waals surface area contributed by atoms with E-state index in [9.17, 15) is 4.79 Å². The van der Waals surface area contributed by atoms with Crippen LogP contribution in [-0.2, 0) is 4.79 Å². The molecule has 0 bridgehead atoms. The summed E-state index contributed by atoms with van der Waals surface area (Å²) < 4.78 is 0.974. The molecule has 5 nitrogen and oxygen atoms in total. The SMILES string of the molecule is CC(C)NC(=O)CN(C)c1ncc(I)cn1. The Hall–Kier alpha value is -0.920. The first-order valence-corrected chi connectivity index (χ1v) is 6.05. The van der Waals surface area contributed by atoms with Crippen molar-refractivity contribution in [1.29, 1.82) is 0 Å². The van der Waals surface area contributed by atoms with Crippen LogP contribution in [-0.4, -0.2) is 35.5 Å². The monoisotopic (exact) mass is 334 g/mol. The molecular weight excluding hydrogens is 319 g/mol. The molecule has 1 N–H and O–H groups in total. The average molecular weight is 334 g/mol. The molecule has 0 radical (unpaired) electrons. The molecule has 0 fully saturated rings. The Morgan fingerprint density at radius 2 is 2.06 bits per heavy atom. The number of likely N-dealkylation sites (N-methyl/N-ethyl adjacent to an activating group) is 1. The zero-order chi connectivity index (χ0) is 12.1. The first-order chi connectivity index (χ1) is 7.49. The first-order valence-electron chi connectivity index (χ1n) is 4.97. The zero-order valence-electron chi connectivity index (χ0n) is 9.57. The van der Waals surface area contributed by atoms with Gasteiger partial charge in [0, 0.05) is 29.1 Å². The summed E-state index contributed by atoms with van der Waals surface area (Å²) in [7, 11) is 1.79. The topological polar surface area (TPSA) is 58.1 Å². The van der Waals surface area contributed by atoms with Gasteiger partial charge in [-0.2, -0.15) is 0 Å². The van der Waals surface area contributed by atoms with Gasteiger partial charge in [0.25, 0.3) is 0 Å². The van der Waals surface area contributed by atoms with Crippen molar-refractivity contribution in [2.75, 3.05) is 18.5 Å². The van der Waals surface area contributed by atoms with Gasteiger partial charge in [-0.25, -0.2) is 9.97 Å². The summed E-state index contributed by atoms with van der Waals surface area (Å²) in [5.41, 5.74) is 0. The Kier molecular flexibility index (Phi) is 4.91. The van der Waals surface area contributed by atoms with E-state index in [0.29, 0.717) is 5.95 Å². The lowest BCUT2D eigenvalue weighted by Crippen LogP contribution is -2.39. The largest absolute Gasteiger partial charge is 0.352 e. The Labute approximate surface area is 109 Å². The van der Waals surface area contributed by atoms with Gasteiger partial charge in [0.15, 0.2) is 0 Å². The molecular formula is C10H15IN4O. The van der Waals surface area contributed by atoms with Crippen molar-refractivity contribution in [3.63, 3.8) is 0 Å². The van der Waals surface area contributed by atoms with Crippen molar-refractivity contribution in [2.24, 2.45) is 0 Å². The first kappa shape index (κ1) is 13.1. The van der Waals surface area contributed by atoms with E-state index in [1.54, 1.807) is 24.3 Å². The maximum absolute atomic E-state index is 11.5. The predicted octanol–water partition coefficient (Wildman–Crippen LogP) is 1.04. The Morgan fingerprint density at radius 1 is 1.50 bits per heavy atom. The number of carbonyl (C=O) groups is 1. The number of nitrogens with one attached hydrogen (secondary N) is 1. The molecule has 0 aliphatic rings. The van der Waals surface area contributed by atoms with Gasteiger partial charge in [0.05, 0.1) is 6.54 Å². The molecule has 0 aromatic carbocycles. The van der Waals surface area contributed by atoms with Crippen LogP contribution in [0.2, 0.25) is 0 Å². The highest BCUT2D eigenvalue weighted by atomic mass is 127. The highest BCUT2D eigenvalue weighted by Crippen LogP contribution is 2.06. The zero-order valence-corrected chi connectivity index (χ0v) is 11.7. The van der Waals surface area contributed by atoms with Crippen LogP contribution in [0.4, 0.5) is 5.95 Å². The van der Waals surface area contributed by atoms with Crippen LogP contribution in [0.1, 0.15) is 13.8 Å². The fraction of sp³-hybridized carbons (Fsp3) is 0.500. The lowest BCUT2D eigenvalue weighted by molar-refractivity contribution is -0.120. The number of hydrogen-bond donors (Lipinski definition) is 1. The molecule has 6 heteroatoms. The van der Waals surface area contributed by atoms with E-state index in [0.717, 1.165) is 3.57 Å². The van der Waals surface area contributed by atoms with Crippen LogP contribution in [0.5, 0.6) is 0 Å². The van der Waals surface area contributed by atoms with Crippen molar-refractivity contribution >= 4 is 34.4 Å². The van der Waals surface area contributed by atoms with Crippen LogP contribution in [0, 0.1) is 3.57 Å². The van der Waals surface area contributed by atoms with Crippen LogP contribution < -0.4 is 10.2 Å². The number of rotatable bonds is 4. The number of aromatic nitrogens is 2. The second kappa shape index (κ2) is 5.97.